The number of hydrogen-bond acceptors (Lipinski definition) is 3. The van der Waals surface area contributed by atoms with Crippen LogP contribution in [0.2, 0.25) is 0 Å². The van der Waals surface area contributed by atoms with Crippen molar-refractivity contribution < 1.29 is 0 Å². The molecule has 56 heavy (non-hydrogen) atoms. The smallest absolute Gasteiger partial charge is 0.202 e. The minimum absolute atomic E-state index is 0.211. The van der Waals surface area contributed by atoms with E-state index in [0.717, 1.165) is 15.9 Å². The molecule has 0 amide bonds. The molecule has 0 saturated carbocycles. The van der Waals surface area contributed by atoms with E-state index >= 15 is 0 Å². The Kier molecular flexibility index (Phi) is 7.68. The summed E-state index contributed by atoms with van der Waals surface area (Å²) in [6, 6.07) is 55.1. The lowest BCUT2D eigenvalue weighted by Gasteiger charge is -2.36. The second-order valence-corrected chi connectivity index (χ2v) is 16.2. The van der Waals surface area contributed by atoms with E-state index in [0.29, 0.717) is 0 Å². The summed E-state index contributed by atoms with van der Waals surface area (Å²) < 4.78 is 4.80. The van der Waals surface area contributed by atoms with Crippen LogP contribution in [0.4, 0.5) is 0 Å². The molecule has 0 bridgehead atoms. The van der Waals surface area contributed by atoms with Crippen LogP contribution < -0.4 is 15.2 Å². The largest absolute Gasteiger partial charge is 0.345 e. The number of nitrogens with zero attached hydrogens (tertiary/aromatic N) is 2. The van der Waals surface area contributed by atoms with Gasteiger partial charge in [0.2, 0.25) is 6.29 Å². The Labute approximate surface area is 330 Å². The Morgan fingerprint density at radius 3 is 1.93 bits per heavy atom. The molecule has 2 aromatic heterocycles. The molecule has 3 unspecified atom stereocenters. The number of benzene rings is 6. The van der Waals surface area contributed by atoms with Crippen molar-refractivity contribution >= 4 is 49.2 Å². The number of thiophene rings is 1. The molecule has 6 aromatic carbocycles. The highest BCUT2D eigenvalue weighted by Crippen LogP contribution is 2.53. The first-order chi connectivity index (χ1) is 27.6. The van der Waals surface area contributed by atoms with Crippen LogP contribution in [0.25, 0.3) is 60.1 Å². The van der Waals surface area contributed by atoms with E-state index in [1.54, 1.807) is 11.3 Å². The second-order valence-electron chi connectivity index (χ2n) is 15.2. The summed E-state index contributed by atoms with van der Waals surface area (Å²) in [6.07, 6.45) is 8.90. The van der Waals surface area contributed by atoms with Crippen LogP contribution in [0.15, 0.2) is 181 Å². The van der Waals surface area contributed by atoms with Crippen molar-refractivity contribution in [3.63, 3.8) is 0 Å². The minimum Gasteiger partial charge on any atom is -0.345 e. The molecule has 11 rings (SSSR count). The molecule has 8 aromatic rings. The Bertz CT molecular complexity index is 3030. The first kappa shape index (κ1) is 32.9. The maximum atomic E-state index is 5.67. The molecule has 0 fully saturated rings. The fourth-order valence-electron chi connectivity index (χ4n) is 9.48. The van der Waals surface area contributed by atoms with Crippen LogP contribution >= 0.6 is 11.3 Å². The standard InChI is InChI=1S/C52H39N3S/c1-32-17-9-10-22-39(32)46-33(2)50-47(41-24-12-11-23-40(41)46)42-25-13-15-27-44(42)55(50)52-53-49(48-43-26-14-16-28-45(43)56-51(48)54-52)38-30-36(34-18-5-3-6-19-34)29-37(31-38)35-20-7-4-8-21-35/h3-31,40-41,52-53H,1-2H3. The zero-order chi connectivity index (χ0) is 37.3. The van der Waals surface area contributed by atoms with Gasteiger partial charge in [-0.3, -0.25) is 0 Å². The number of nitrogens with one attached hydrogen (secondary N) is 1. The predicted octanol–water partition coefficient (Wildman–Crippen LogP) is 11.8. The van der Waals surface area contributed by atoms with Gasteiger partial charge in [0.1, 0.15) is 4.67 Å². The molecule has 1 N–H and O–H groups in total. The van der Waals surface area contributed by atoms with E-state index in [1.165, 1.54) is 82.0 Å². The van der Waals surface area contributed by atoms with Crippen molar-refractivity contribution in [2.45, 2.75) is 26.1 Å². The van der Waals surface area contributed by atoms with Crippen LogP contribution in [0.1, 0.15) is 47.1 Å². The summed E-state index contributed by atoms with van der Waals surface area (Å²) in [6.45, 7) is 4.58. The molecular formula is C52H39N3S. The Hall–Kier alpha value is -6.49. The lowest BCUT2D eigenvalue weighted by atomic mass is 9.69. The van der Waals surface area contributed by atoms with Gasteiger partial charge in [0.05, 0.1) is 16.9 Å². The van der Waals surface area contributed by atoms with E-state index in [-0.39, 0.29) is 18.1 Å². The van der Waals surface area contributed by atoms with Crippen molar-refractivity contribution in [2.75, 3.05) is 0 Å². The highest BCUT2D eigenvalue weighted by Gasteiger charge is 2.39. The van der Waals surface area contributed by atoms with Crippen molar-refractivity contribution in [3.05, 3.63) is 214 Å². The monoisotopic (exact) mass is 737 g/mol. The van der Waals surface area contributed by atoms with Crippen molar-refractivity contribution in [2.24, 2.45) is 10.9 Å². The quantitative estimate of drug-likeness (QED) is 0.187. The molecular weight excluding hydrogens is 699 g/mol. The first-order valence-electron chi connectivity index (χ1n) is 19.5. The van der Waals surface area contributed by atoms with Crippen LogP contribution in [0, 0.1) is 12.8 Å². The molecule has 0 spiro atoms. The van der Waals surface area contributed by atoms with E-state index in [9.17, 15) is 0 Å². The molecule has 3 nitrogen and oxygen atoms in total. The zero-order valence-electron chi connectivity index (χ0n) is 31.3. The lowest BCUT2D eigenvalue weighted by Crippen LogP contribution is -2.40. The van der Waals surface area contributed by atoms with E-state index in [1.807, 2.05) is 0 Å². The van der Waals surface area contributed by atoms with Gasteiger partial charge in [0.15, 0.2) is 0 Å². The number of rotatable bonds is 5. The topological polar surface area (TPSA) is 29.3 Å². The van der Waals surface area contributed by atoms with Crippen LogP contribution in [0.5, 0.6) is 0 Å². The van der Waals surface area contributed by atoms with Crippen molar-refractivity contribution in [3.8, 4) is 22.3 Å². The average Bonchev–Trinajstić information content (AvgIpc) is 3.81. The van der Waals surface area contributed by atoms with Gasteiger partial charge in [-0.25, -0.2) is 4.99 Å². The average molecular weight is 738 g/mol. The van der Waals surface area contributed by atoms with Gasteiger partial charge in [-0.05, 0) is 99.8 Å². The molecule has 2 aliphatic carbocycles. The SMILES string of the molecule is CC1=C(c2ccccc2C)C2C=CC=CC2c2c1n(C1N=c3sc4ccccc4c3=C(c3cc(-c4ccccc4)cc(-c4ccccc4)c3)N1)c1ccccc21. The van der Waals surface area contributed by atoms with Crippen LogP contribution in [-0.4, -0.2) is 4.57 Å². The van der Waals surface area contributed by atoms with E-state index in [2.05, 4.69) is 200 Å². The van der Waals surface area contributed by atoms with E-state index < -0.39 is 0 Å². The number of hydrogen-bond donors (Lipinski definition) is 1. The number of allylic oxidation sites excluding steroid dienone is 6. The predicted molar refractivity (Wildman–Crippen MR) is 235 cm³/mol. The second kappa shape index (κ2) is 13.1. The molecule has 0 radical (unpaired) electrons. The summed E-state index contributed by atoms with van der Waals surface area (Å²) in [5, 5.41) is 7.82. The molecule has 3 atom stereocenters. The fourth-order valence-corrected chi connectivity index (χ4v) is 10.6. The Morgan fingerprint density at radius 2 is 1.20 bits per heavy atom. The summed E-state index contributed by atoms with van der Waals surface area (Å²) in [5.74, 6) is 0.458. The minimum atomic E-state index is -0.382. The van der Waals surface area contributed by atoms with Gasteiger partial charge in [0, 0.05) is 32.5 Å². The molecule has 3 heterocycles. The number of aryl methyl sites for hydroxylation is 1. The van der Waals surface area contributed by atoms with E-state index in [4.69, 9.17) is 4.99 Å². The third-order valence-corrected chi connectivity index (χ3v) is 13.0. The zero-order valence-corrected chi connectivity index (χ0v) is 32.1. The Balaban J connectivity index is 1.19. The normalized spacial score (nSPS) is 18.4. The van der Waals surface area contributed by atoms with Gasteiger partial charge in [-0.2, -0.15) is 0 Å². The lowest BCUT2D eigenvalue weighted by molar-refractivity contribution is 0.474. The summed E-state index contributed by atoms with van der Waals surface area (Å²) >= 11 is 1.79. The summed E-state index contributed by atoms with van der Waals surface area (Å²) in [7, 11) is 0. The van der Waals surface area contributed by atoms with Gasteiger partial charge >= 0.3 is 0 Å². The van der Waals surface area contributed by atoms with Crippen molar-refractivity contribution in [1.29, 1.82) is 0 Å². The number of aromatic nitrogens is 1. The van der Waals surface area contributed by atoms with Crippen LogP contribution in [0.3, 0.4) is 0 Å². The van der Waals surface area contributed by atoms with Gasteiger partial charge < -0.3 is 9.88 Å². The molecule has 1 aliphatic heterocycles. The van der Waals surface area contributed by atoms with Gasteiger partial charge in [-0.1, -0.05) is 146 Å². The molecule has 3 aliphatic rings. The highest BCUT2D eigenvalue weighted by atomic mass is 32.1. The summed E-state index contributed by atoms with van der Waals surface area (Å²) in [5.41, 5.74) is 16.2. The Morgan fingerprint density at radius 1 is 0.589 bits per heavy atom. The maximum absolute atomic E-state index is 5.67. The first-order valence-corrected chi connectivity index (χ1v) is 20.3. The molecule has 268 valence electrons. The molecule has 4 heteroatoms. The third-order valence-electron chi connectivity index (χ3n) is 12.0. The van der Waals surface area contributed by atoms with Crippen LogP contribution in [-0.2, 0) is 0 Å². The van der Waals surface area contributed by atoms with Crippen molar-refractivity contribution in [1.82, 2.24) is 9.88 Å². The maximum Gasteiger partial charge on any atom is 0.202 e. The third kappa shape index (κ3) is 5.13. The number of fused-ring (bicyclic) bond motifs is 8. The van der Waals surface area contributed by atoms with Gasteiger partial charge in [-0.15, -0.1) is 11.3 Å². The highest BCUT2D eigenvalue weighted by molar-refractivity contribution is 7.16. The molecule has 0 saturated heterocycles. The summed E-state index contributed by atoms with van der Waals surface area (Å²) in [4.78, 5) is 5.67. The fraction of sp³-hybridized carbons (Fsp3) is 0.0962. The number of para-hydroxylation sites is 1. The van der Waals surface area contributed by atoms with Gasteiger partial charge in [0.25, 0.3) is 0 Å².